The van der Waals surface area contributed by atoms with Crippen LogP contribution in [0.2, 0.25) is 5.02 Å². The molecule has 2 aromatic rings. The summed E-state index contributed by atoms with van der Waals surface area (Å²) < 4.78 is 38.6. The number of carbonyl (C=O) groups is 2. The fourth-order valence-electron chi connectivity index (χ4n) is 2.88. The van der Waals surface area contributed by atoms with E-state index in [1.54, 1.807) is 6.92 Å². The van der Waals surface area contributed by atoms with Gasteiger partial charge in [-0.05, 0) is 19.1 Å². The number of primary amides is 1. The number of aromatic nitrogens is 1. The van der Waals surface area contributed by atoms with Crippen molar-refractivity contribution < 1.29 is 27.7 Å². The molecule has 0 saturated carbocycles. The predicted octanol–water partition coefficient (Wildman–Crippen LogP) is 3.22. The molecule has 0 saturated heterocycles. The van der Waals surface area contributed by atoms with Crippen molar-refractivity contribution in [3.05, 3.63) is 68.0 Å². The average molecular weight is 445 g/mol. The number of rotatable bonds is 7. The molecule has 0 radical (unpaired) electrons. The lowest BCUT2D eigenvalue weighted by atomic mass is 9.87. The number of nitro groups is 1. The normalized spacial score (nSPS) is 12.3. The molecule has 1 unspecified atom stereocenters. The van der Waals surface area contributed by atoms with Crippen molar-refractivity contribution in [3.63, 3.8) is 0 Å². The maximum Gasteiger partial charge on any atom is 0.417 e. The molecule has 0 aliphatic rings. The highest BCUT2D eigenvalue weighted by molar-refractivity contribution is 6.31. The van der Waals surface area contributed by atoms with E-state index in [0.29, 0.717) is 12.3 Å². The number of pyridine rings is 1. The van der Waals surface area contributed by atoms with Crippen LogP contribution in [0.5, 0.6) is 0 Å². The third-order valence-electron chi connectivity index (χ3n) is 4.20. The summed E-state index contributed by atoms with van der Waals surface area (Å²) in [5, 5.41) is 13.6. The van der Waals surface area contributed by atoms with Crippen LogP contribution in [0.15, 0.2) is 30.5 Å². The van der Waals surface area contributed by atoms with E-state index in [4.69, 9.17) is 17.3 Å². The van der Waals surface area contributed by atoms with Crippen LogP contribution in [0.25, 0.3) is 0 Å². The van der Waals surface area contributed by atoms with Gasteiger partial charge in [0.15, 0.2) is 0 Å². The van der Waals surface area contributed by atoms with Gasteiger partial charge in [0.25, 0.3) is 5.69 Å². The Labute approximate surface area is 173 Å². The number of amides is 2. The van der Waals surface area contributed by atoms with Crippen molar-refractivity contribution in [2.24, 2.45) is 5.73 Å². The number of halogens is 4. The molecule has 12 heteroatoms. The molecule has 1 atom stereocenters. The van der Waals surface area contributed by atoms with E-state index in [2.05, 4.69) is 10.3 Å². The monoisotopic (exact) mass is 444 g/mol. The molecule has 0 bridgehead atoms. The summed E-state index contributed by atoms with van der Waals surface area (Å²) in [6, 6.07) is 4.20. The van der Waals surface area contributed by atoms with Crippen molar-refractivity contribution in [3.8, 4) is 0 Å². The summed E-state index contributed by atoms with van der Waals surface area (Å²) in [6.07, 6.45) is -4.52. The Morgan fingerprint density at radius 3 is 2.53 bits per heavy atom. The first-order valence-electron chi connectivity index (χ1n) is 8.53. The van der Waals surface area contributed by atoms with Crippen LogP contribution < -0.4 is 11.1 Å². The summed E-state index contributed by atoms with van der Waals surface area (Å²) >= 11 is 5.93. The lowest BCUT2D eigenvalue weighted by Gasteiger charge is -2.19. The molecular formula is C18H16ClF3N4O4. The third-order valence-corrected chi connectivity index (χ3v) is 4.53. The average Bonchev–Trinajstić information content (AvgIpc) is 2.65. The molecule has 1 aromatic carbocycles. The smallest absolute Gasteiger partial charge is 0.366 e. The van der Waals surface area contributed by atoms with Gasteiger partial charge >= 0.3 is 6.18 Å². The number of likely N-dealkylation sites (N-methyl/N-ethyl adjacent to an activating group) is 1. The number of benzene rings is 1. The quantitative estimate of drug-likeness (QED) is 0.500. The van der Waals surface area contributed by atoms with Crippen LogP contribution in [-0.2, 0) is 17.4 Å². The molecule has 1 heterocycles. The molecule has 0 aliphatic heterocycles. The zero-order valence-electron chi connectivity index (χ0n) is 15.5. The Morgan fingerprint density at radius 2 is 2.03 bits per heavy atom. The number of hydrogen-bond acceptors (Lipinski definition) is 5. The molecule has 160 valence electrons. The minimum atomic E-state index is -4.68. The predicted molar refractivity (Wildman–Crippen MR) is 101 cm³/mol. The van der Waals surface area contributed by atoms with Crippen LogP contribution in [0, 0.1) is 10.1 Å². The number of carbonyl (C=O) groups excluding carboxylic acids is 2. The van der Waals surface area contributed by atoms with Crippen molar-refractivity contribution in [2.45, 2.75) is 25.4 Å². The van der Waals surface area contributed by atoms with Crippen molar-refractivity contribution >= 4 is 29.1 Å². The first kappa shape index (κ1) is 23.1. The van der Waals surface area contributed by atoms with Crippen LogP contribution >= 0.6 is 11.6 Å². The van der Waals surface area contributed by atoms with E-state index in [-0.39, 0.29) is 28.4 Å². The number of nitrogens with one attached hydrogen (secondary N) is 1. The summed E-state index contributed by atoms with van der Waals surface area (Å²) in [6.45, 7) is 1.77. The van der Waals surface area contributed by atoms with E-state index < -0.39 is 46.5 Å². The Morgan fingerprint density at radius 1 is 1.37 bits per heavy atom. The fourth-order valence-corrected chi connectivity index (χ4v) is 3.12. The highest BCUT2D eigenvalue weighted by Crippen LogP contribution is 2.35. The Kier molecular flexibility index (Phi) is 6.98. The minimum absolute atomic E-state index is 0.102. The van der Waals surface area contributed by atoms with Crippen LogP contribution in [0.4, 0.5) is 18.9 Å². The highest BCUT2D eigenvalue weighted by atomic mass is 35.5. The molecule has 8 nitrogen and oxygen atoms in total. The molecular weight excluding hydrogens is 429 g/mol. The molecule has 2 rings (SSSR count). The van der Waals surface area contributed by atoms with Gasteiger partial charge in [0, 0.05) is 30.8 Å². The van der Waals surface area contributed by atoms with Gasteiger partial charge in [-0.25, -0.2) is 0 Å². The number of nitro benzene ring substituents is 1. The first-order chi connectivity index (χ1) is 14.0. The van der Waals surface area contributed by atoms with E-state index in [0.717, 1.165) is 6.07 Å². The molecule has 0 fully saturated rings. The number of nitrogens with two attached hydrogens (primary N) is 1. The van der Waals surface area contributed by atoms with Gasteiger partial charge in [-0.1, -0.05) is 17.7 Å². The largest absolute Gasteiger partial charge is 0.417 e. The fraction of sp³-hybridized carbons (Fsp3) is 0.278. The second-order valence-corrected chi connectivity index (χ2v) is 6.57. The van der Waals surface area contributed by atoms with E-state index in [1.807, 2.05) is 0 Å². The molecule has 0 spiro atoms. The Bertz CT molecular complexity index is 966. The third kappa shape index (κ3) is 5.03. The topological polar surface area (TPSA) is 128 Å². The minimum Gasteiger partial charge on any atom is -0.366 e. The van der Waals surface area contributed by atoms with Crippen LogP contribution in [-0.4, -0.2) is 28.3 Å². The SMILES string of the molecule is CCNC(=O)C(Cc1ncc(C(F)(F)F)cc1Cl)c1c(C(N)=O)cccc1[N+](=O)[O-]. The molecule has 3 N–H and O–H groups in total. The Balaban J connectivity index is 2.64. The van der Waals surface area contributed by atoms with Gasteiger partial charge in [-0.2, -0.15) is 13.2 Å². The summed E-state index contributed by atoms with van der Waals surface area (Å²) in [5.74, 6) is -3.06. The summed E-state index contributed by atoms with van der Waals surface area (Å²) in [4.78, 5) is 39.0. The standard InChI is InChI=1S/C18H16ClF3N4O4/c1-2-24-17(28)11(7-13-12(19)6-9(8-25-13)18(20,21)22)15-10(16(23)27)4-3-5-14(15)26(29)30/h3-6,8,11H,2,7H2,1H3,(H2,23,27)(H,24,28). The van der Waals surface area contributed by atoms with Gasteiger partial charge in [0.1, 0.15) is 0 Å². The summed E-state index contributed by atoms with van der Waals surface area (Å²) in [5.41, 5.74) is 3.07. The molecule has 0 aliphatic carbocycles. The van der Waals surface area contributed by atoms with Crippen LogP contribution in [0.1, 0.15) is 40.0 Å². The highest BCUT2D eigenvalue weighted by Gasteiger charge is 2.35. The zero-order chi connectivity index (χ0) is 22.6. The maximum atomic E-state index is 12.9. The van der Waals surface area contributed by atoms with Gasteiger partial charge in [0.2, 0.25) is 11.8 Å². The summed E-state index contributed by atoms with van der Waals surface area (Å²) in [7, 11) is 0. The maximum absolute atomic E-state index is 12.9. The van der Waals surface area contributed by atoms with Crippen molar-refractivity contribution in [2.75, 3.05) is 6.54 Å². The van der Waals surface area contributed by atoms with Crippen molar-refractivity contribution in [1.29, 1.82) is 0 Å². The van der Waals surface area contributed by atoms with Gasteiger partial charge in [-0.3, -0.25) is 24.7 Å². The zero-order valence-corrected chi connectivity index (χ0v) is 16.3. The Hall–Kier alpha value is -3.21. The molecule has 2 amide bonds. The van der Waals surface area contributed by atoms with Crippen LogP contribution in [0.3, 0.4) is 0 Å². The second kappa shape index (κ2) is 9.08. The number of hydrogen-bond donors (Lipinski definition) is 2. The number of alkyl halides is 3. The van der Waals surface area contributed by atoms with Gasteiger partial charge in [0.05, 0.1) is 32.7 Å². The van der Waals surface area contributed by atoms with Gasteiger partial charge < -0.3 is 11.1 Å². The van der Waals surface area contributed by atoms with E-state index in [9.17, 15) is 32.9 Å². The first-order valence-corrected chi connectivity index (χ1v) is 8.91. The van der Waals surface area contributed by atoms with E-state index in [1.165, 1.54) is 12.1 Å². The molecule has 1 aromatic heterocycles. The van der Waals surface area contributed by atoms with Crippen molar-refractivity contribution in [1.82, 2.24) is 10.3 Å². The number of nitrogens with zero attached hydrogens (tertiary/aromatic N) is 2. The lowest BCUT2D eigenvalue weighted by molar-refractivity contribution is -0.385. The van der Waals surface area contributed by atoms with E-state index >= 15 is 0 Å². The molecule has 30 heavy (non-hydrogen) atoms. The lowest BCUT2D eigenvalue weighted by Crippen LogP contribution is -2.32. The second-order valence-electron chi connectivity index (χ2n) is 6.16. The van der Waals surface area contributed by atoms with Gasteiger partial charge in [-0.15, -0.1) is 0 Å².